The fraction of sp³-hybridized carbons (Fsp3) is 0.500. The molecule has 180 valence electrons. The summed E-state index contributed by atoms with van der Waals surface area (Å²) in [5.74, 6) is 0.624. The van der Waals surface area contributed by atoms with Crippen LogP contribution in [0.4, 0.5) is 0 Å². The highest BCUT2D eigenvalue weighted by Crippen LogP contribution is 2.32. The summed E-state index contributed by atoms with van der Waals surface area (Å²) in [4.78, 5) is 1.55. The average molecular weight is 502 g/mol. The van der Waals surface area contributed by atoms with E-state index in [9.17, 15) is 5.11 Å². The van der Waals surface area contributed by atoms with Crippen molar-refractivity contribution in [1.82, 2.24) is 15.0 Å². The summed E-state index contributed by atoms with van der Waals surface area (Å²) in [6.45, 7) is 19.9. The predicted molar refractivity (Wildman–Crippen MR) is 143 cm³/mol. The lowest BCUT2D eigenvalue weighted by molar-refractivity contribution is 0.386. The number of aromatic hydroxyl groups is 1. The third-order valence-corrected chi connectivity index (χ3v) is 15.6. The third-order valence-electron chi connectivity index (χ3n) is 5.30. The van der Waals surface area contributed by atoms with Crippen molar-refractivity contribution in [3.8, 4) is 11.4 Å². The van der Waals surface area contributed by atoms with Gasteiger partial charge in [-0.2, -0.15) is 0 Å². The van der Waals surface area contributed by atoms with Gasteiger partial charge in [0.05, 0.1) is 0 Å². The minimum absolute atomic E-state index is 0.255. The molecule has 1 aromatic heterocycles. The summed E-state index contributed by atoms with van der Waals surface area (Å²) in [6, 6.07) is 12.8. The van der Waals surface area contributed by atoms with Crippen LogP contribution in [0.2, 0.25) is 51.9 Å². The minimum atomic E-state index is -2.17. The number of aromatic nitrogens is 3. The van der Waals surface area contributed by atoms with Crippen molar-refractivity contribution in [3.63, 3.8) is 0 Å². The lowest BCUT2D eigenvalue weighted by Crippen LogP contribution is -2.51. The highest BCUT2D eigenvalue weighted by molar-refractivity contribution is 6.87. The summed E-state index contributed by atoms with van der Waals surface area (Å²) in [5, 5.41) is 20.2. The van der Waals surface area contributed by atoms with E-state index in [4.69, 9.17) is 8.23 Å². The van der Waals surface area contributed by atoms with Crippen molar-refractivity contribution in [2.45, 2.75) is 72.1 Å². The quantitative estimate of drug-likeness (QED) is 0.344. The van der Waals surface area contributed by atoms with Crippen LogP contribution in [-0.2, 0) is 14.7 Å². The van der Waals surface area contributed by atoms with Gasteiger partial charge in [0.2, 0.25) is 0 Å². The topological polar surface area (TPSA) is 69.4 Å². The lowest BCUT2D eigenvalue weighted by Gasteiger charge is -2.38. The normalized spacial score (nSPS) is 14.1. The molecule has 0 fully saturated rings. The summed E-state index contributed by atoms with van der Waals surface area (Å²) < 4.78 is 13.1. The number of rotatable bonds is 9. The van der Waals surface area contributed by atoms with Gasteiger partial charge in [0.1, 0.15) is 22.5 Å². The second kappa shape index (κ2) is 9.46. The van der Waals surface area contributed by atoms with Gasteiger partial charge < -0.3 is 13.3 Å². The Hall–Kier alpha value is -1.79. The van der Waals surface area contributed by atoms with Crippen molar-refractivity contribution < 1.29 is 13.3 Å². The van der Waals surface area contributed by atoms with Crippen LogP contribution < -0.4 is 0 Å². The molecule has 1 atom stereocenters. The number of phenols is 1. The van der Waals surface area contributed by atoms with Crippen LogP contribution >= 0.6 is 0 Å². The first-order valence-electron chi connectivity index (χ1n) is 11.7. The van der Waals surface area contributed by atoms with Crippen LogP contribution in [0, 0.1) is 12.8 Å². The monoisotopic (exact) mass is 501 g/mol. The van der Waals surface area contributed by atoms with E-state index in [0.29, 0.717) is 11.6 Å². The summed E-state index contributed by atoms with van der Waals surface area (Å²) in [7, 11) is -5.75. The first-order valence-corrected chi connectivity index (χ1v) is 21.0. The molecule has 0 aliphatic carbocycles. The average Bonchev–Trinajstić information content (AvgIpc) is 3.04. The Morgan fingerprint density at radius 1 is 0.939 bits per heavy atom. The zero-order valence-electron chi connectivity index (χ0n) is 21.6. The van der Waals surface area contributed by atoms with Crippen LogP contribution in [0.1, 0.15) is 18.1 Å². The molecule has 0 radical (unpaired) electrons. The van der Waals surface area contributed by atoms with Crippen LogP contribution in [0.15, 0.2) is 36.4 Å². The van der Waals surface area contributed by atoms with Gasteiger partial charge in [-0.05, 0) is 100 Å². The Bertz CT molecular complexity index is 1090. The Morgan fingerprint density at radius 2 is 1.52 bits per heavy atom. The Labute approximate surface area is 201 Å². The number of benzene rings is 2. The number of phenolic OH excluding ortho intramolecular Hbond substituents is 1. The van der Waals surface area contributed by atoms with Gasteiger partial charge >= 0.3 is 8.56 Å². The largest absolute Gasteiger partial charge is 0.505 e. The fourth-order valence-electron chi connectivity index (χ4n) is 4.86. The van der Waals surface area contributed by atoms with Crippen molar-refractivity contribution in [2.24, 2.45) is 5.92 Å². The molecule has 0 saturated heterocycles. The fourth-order valence-corrected chi connectivity index (χ4v) is 18.8. The third kappa shape index (κ3) is 7.10. The van der Waals surface area contributed by atoms with Crippen molar-refractivity contribution in [2.75, 3.05) is 0 Å². The van der Waals surface area contributed by atoms with Gasteiger partial charge in [0, 0.05) is 0 Å². The van der Waals surface area contributed by atoms with Gasteiger partial charge in [-0.1, -0.05) is 25.1 Å². The molecular weight excluding hydrogens is 463 g/mol. The van der Waals surface area contributed by atoms with Gasteiger partial charge in [-0.25, -0.2) is 0 Å². The molecule has 9 heteroatoms. The van der Waals surface area contributed by atoms with Gasteiger partial charge in [0.15, 0.2) is 16.6 Å². The Balaban J connectivity index is 1.77. The maximum absolute atomic E-state index is 11.1. The molecular formula is C24H39N3O3Si3. The summed E-state index contributed by atoms with van der Waals surface area (Å²) >= 11 is 0. The highest BCUT2D eigenvalue weighted by atomic mass is 28.5. The highest BCUT2D eigenvalue weighted by Gasteiger charge is 2.38. The number of nitrogens with zero attached hydrogens (tertiary/aromatic N) is 3. The van der Waals surface area contributed by atoms with E-state index < -0.39 is 25.2 Å². The van der Waals surface area contributed by atoms with Crippen LogP contribution in [0.5, 0.6) is 5.75 Å². The zero-order valence-corrected chi connectivity index (χ0v) is 24.6. The van der Waals surface area contributed by atoms with E-state index in [-0.39, 0.29) is 5.75 Å². The number of fused-ring (bicyclic) bond motifs is 1. The molecule has 1 N–H and O–H groups in total. The second-order valence-electron chi connectivity index (χ2n) is 11.3. The van der Waals surface area contributed by atoms with Crippen LogP contribution in [0.3, 0.4) is 0 Å². The van der Waals surface area contributed by atoms with Crippen molar-refractivity contribution in [1.29, 1.82) is 0 Å². The van der Waals surface area contributed by atoms with E-state index >= 15 is 0 Å². The molecule has 33 heavy (non-hydrogen) atoms. The Morgan fingerprint density at radius 3 is 2.06 bits per heavy atom. The van der Waals surface area contributed by atoms with Crippen molar-refractivity contribution >= 4 is 36.2 Å². The van der Waals surface area contributed by atoms with Crippen LogP contribution in [0.25, 0.3) is 16.7 Å². The number of hydrogen-bond acceptors (Lipinski definition) is 5. The molecule has 0 spiro atoms. The molecule has 3 rings (SSSR count). The molecule has 0 saturated carbocycles. The van der Waals surface area contributed by atoms with Crippen LogP contribution in [-0.4, -0.2) is 45.3 Å². The summed E-state index contributed by atoms with van der Waals surface area (Å²) in [6.07, 6.45) is 0.776. The van der Waals surface area contributed by atoms with E-state index in [0.717, 1.165) is 34.6 Å². The van der Waals surface area contributed by atoms with E-state index in [1.54, 1.807) is 4.80 Å². The van der Waals surface area contributed by atoms with E-state index in [1.807, 2.05) is 37.3 Å². The zero-order chi connectivity index (χ0) is 24.6. The molecule has 6 nitrogen and oxygen atoms in total. The Kier molecular flexibility index (Phi) is 7.40. The maximum Gasteiger partial charge on any atom is 0.311 e. The SMILES string of the molecule is Cc1cc(CC(C)C[Si](C)(C)O[Si](C)(C)O[Si](C)(C)C)c(O)c(-n2nc3ccccc3n2)c1. The molecule has 3 aromatic rings. The minimum Gasteiger partial charge on any atom is -0.505 e. The molecule has 0 bridgehead atoms. The van der Waals surface area contributed by atoms with E-state index in [2.05, 4.69) is 69.0 Å². The molecule has 1 unspecified atom stereocenters. The molecule has 0 aliphatic heterocycles. The maximum atomic E-state index is 11.1. The molecule has 0 aliphatic rings. The number of hydrogen-bond donors (Lipinski definition) is 1. The first-order chi connectivity index (χ1) is 15.1. The summed E-state index contributed by atoms with van der Waals surface area (Å²) in [5.41, 5.74) is 4.25. The molecule has 0 amide bonds. The second-order valence-corrected chi connectivity index (χ2v) is 23.8. The van der Waals surface area contributed by atoms with Gasteiger partial charge in [0.25, 0.3) is 0 Å². The first kappa shape index (κ1) is 25.8. The predicted octanol–water partition coefficient (Wildman–Crippen LogP) is 6.39. The van der Waals surface area contributed by atoms with Gasteiger partial charge in [-0.3, -0.25) is 0 Å². The van der Waals surface area contributed by atoms with E-state index in [1.165, 1.54) is 0 Å². The standard InChI is InChI=1S/C24H39N3O3Si3/c1-18-14-20(15-19(2)17-32(6,7)30-33(8,9)29-31(3,4)5)24(28)23(16-18)27-25-21-12-10-11-13-22(21)26-27/h10-14,16,19,28H,15,17H2,1-9H3. The van der Waals surface area contributed by atoms with Crippen molar-refractivity contribution in [3.05, 3.63) is 47.5 Å². The van der Waals surface area contributed by atoms with Gasteiger partial charge in [-0.15, -0.1) is 15.0 Å². The molecule has 1 heterocycles. The molecule has 2 aromatic carbocycles. The lowest BCUT2D eigenvalue weighted by atomic mass is 9.99. The number of aryl methyl sites for hydroxylation is 1. The smallest absolute Gasteiger partial charge is 0.311 e.